The van der Waals surface area contributed by atoms with Gasteiger partial charge in [-0.25, -0.2) is 4.98 Å². The Morgan fingerprint density at radius 3 is 2.38 bits per heavy atom. The Hall–Kier alpha value is -4.39. The molecule has 3 N–H and O–H groups in total. The van der Waals surface area contributed by atoms with Gasteiger partial charge in [0.05, 0.1) is 17.0 Å². The lowest BCUT2D eigenvalue weighted by Crippen LogP contribution is -2.30. The number of hydrogen-bond donors (Lipinski definition) is 3. The number of nitrogens with zero attached hydrogens (tertiary/aromatic N) is 2. The van der Waals surface area contributed by atoms with Crippen molar-refractivity contribution in [3.05, 3.63) is 108 Å². The summed E-state index contributed by atoms with van der Waals surface area (Å²) in [7, 11) is 0. The van der Waals surface area contributed by atoms with E-state index in [0.29, 0.717) is 30.6 Å². The highest BCUT2D eigenvalue weighted by Gasteiger charge is 2.20. The fourth-order valence-corrected chi connectivity index (χ4v) is 5.28. The number of carbonyl (C=O) groups excluding carboxylic acids is 1. The number of nitrogens with one attached hydrogen (secondary N) is 2. The molecule has 0 radical (unpaired) electrons. The summed E-state index contributed by atoms with van der Waals surface area (Å²) < 4.78 is 0. The number of carbonyl (C=O) groups is 2. The number of aromatic amines is 1. The van der Waals surface area contributed by atoms with Gasteiger partial charge in [-0.15, -0.1) is 0 Å². The fourth-order valence-electron chi connectivity index (χ4n) is 5.28. The number of H-pyrrole nitrogens is 1. The third kappa shape index (κ3) is 8.32. The Morgan fingerprint density at radius 1 is 1.05 bits per heavy atom. The molecule has 2 atom stereocenters. The number of aromatic nitrogens is 2. The van der Waals surface area contributed by atoms with Gasteiger partial charge in [-0.3, -0.25) is 9.59 Å². The van der Waals surface area contributed by atoms with Gasteiger partial charge in [0.1, 0.15) is 5.82 Å². The maximum Gasteiger partial charge on any atom is 0.310 e. The standard InChI is InChI=1S/C25H30N4O.C10H12O2/c1-18(2)29-15-13-20(14-16-29)21-17-26-22-11-12-23(28-25(21)22)27-24(30)10-6-9-19-7-4-3-5-8-19;1-2-9(10(11)12)8-6-4-3-5-7-8/h3-5,7-8,11-13,15,17-18,20,26H,6,9-10,14,16H2,1-2H3,(H,27,28,30);3-7,9H,2H2,1H3,(H,11,12). The second-order valence-electron chi connectivity index (χ2n) is 11.0. The second-order valence-corrected chi connectivity index (χ2v) is 11.0. The van der Waals surface area contributed by atoms with Crippen molar-refractivity contribution in [2.75, 3.05) is 11.9 Å². The highest BCUT2D eigenvalue weighted by molar-refractivity contribution is 5.91. The number of benzene rings is 2. The van der Waals surface area contributed by atoms with Crippen molar-refractivity contribution in [1.82, 2.24) is 14.9 Å². The zero-order chi connectivity index (χ0) is 29.9. The Bertz CT molecular complexity index is 1460. The summed E-state index contributed by atoms with van der Waals surface area (Å²) >= 11 is 0. The summed E-state index contributed by atoms with van der Waals surface area (Å²) in [6.45, 7) is 7.36. The van der Waals surface area contributed by atoms with Crippen molar-refractivity contribution in [3.8, 4) is 0 Å². The van der Waals surface area contributed by atoms with E-state index in [9.17, 15) is 9.59 Å². The second kappa shape index (κ2) is 15.0. The molecule has 2 aromatic carbocycles. The number of carboxylic acids is 1. The first-order valence-electron chi connectivity index (χ1n) is 14.9. The average molecular weight is 567 g/mol. The number of amides is 1. The summed E-state index contributed by atoms with van der Waals surface area (Å²) in [5.41, 5.74) is 5.30. The van der Waals surface area contributed by atoms with E-state index < -0.39 is 5.97 Å². The van der Waals surface area contributed by atoms with Crippen molar-refractivity contribution in [2.24, 2.45) is 0 Å². The number of carboxylic acid groups (broad SMARTS) is 1. The molecular formula is C35H42N4O3. The summed E-state index contributed by atoms with van der Waals surface area (Å²) in [4.78, 5) is 33.6. The smallest absolute Gasteiger partial charge is 0.310 e. The third-order valence-electron chi connectivity index (χ3n) is 7.71. The topological polar surface area (TPSA) is 98.3 Å². The molecule has 2 unspecified atom stereocenters. The van der Waals surface area contributed by atoms with Crippen molar-refractivity contribution in [2.45, 2.75) is 70.8 Å². The van der Waals surface area contributed by atoms with Crippen molar-refractivity contribution < 1.29 is 14.7 Å². The zero-order valence-electron chi connectivity index (χ0n) is 24.8. The fraction of sp³-hybridized carbons (Fsp3) is 0.343. The van der Waals surface area contributed by atoms with Gasteiger partial charge in [0.25, 0.3) is 0 Å². The molecule has 0 saturated carbocycles. The number of allylic oxidation sites excluding steroid dienone is 1. The molecule has 0 saturated heterocycles. The SMILES string of the molecule is CC(C)N1C=CC(c2c[nH]c3ccc(NC(=O)CCCc4ccccc4)nc23)CC1.CCC(C(=O)O)c1ccccc1. The van der Waals surface area contributed by atoms with Gasteiger partial charge in [0.2, 0.25) is 5.91 Å². The van der Waals surface area contributed by atoms with Crippen LogP contribution < -0.4 is 5.32 Å². The normalized spacial score (nSPS) is 15.2. The lowest BCUT2D eigenvalue weighted by Gasteiger charge is -2.30. The van der Waals surface area contributed by atoms with Crippen LogP contribution in [0.5, 0.6) is 0 Å². The van der Waals surface area contributed by atoms with Crippen LogP contribution in [0.15, 0.2) is 91.3 Å². The molecule has 220 valence electrons. The Balaban J connectivity index is 0.000000283. The largest absolute Gasteiger partial charge is 0.481 e. The minimum absolute atomic E-state index is 0.0139. The predicted molar refractivity (Wildman–Crippen MR) is 170 cm³/mol. The number of pyridine rings is 1. The van der Waals surface area contributed by atoms with Crippen LogP contribution in [0.3, 0.4) is 0 Å². The van der Waals surface area contributed by atoms with E-state index in [1.54, 1.807) is 0 Å². The first-order chi connectivity index (χ1) is 20.4. The number of fused-ring (bicyclic) bond motifs is 1. The molecular weight excluding hydrogens is 524 g/mol. The lowest BCUT2D eigenvalue weighted by atomic mass is 9.94. The third-order valence-corrected chi connectivity index (χ3v) is 7.71. The van der Waals surface area contributed by atoms with Crippen LogP contribution in [-0.2, 0) is 16.0 Å². The summed E-state index contributed by atoms with van der Waals surface area (Å²) in [6, 6.07) is 24.0. The number of anilines is 1. The molecule has 4 aromatic rings. The number of aryl methyl sites for hydroxylation is 1. The quantitative estimate of drug-likeness (QED) is 0.185. The summed E-state index contributed by atoms with van der Waals surface area (Å²) in [6.07, 6.45) is 10.5. The summed E-state index contributed by atoms with van der Waals surface area (Å²) in [5, 5.41) is 11.8. The van der Waals surface area contributed by atoms with Crippen molar-refractivity contribution in [1.29, 1.82) is 0 Å². The molecule has 2 aromatic heterocycles. The number of aliphatic carboxylic acids is 1. The zero-order valence-corrected chi connectivity index (χ0v) is 24.8. The molecule has 0 fully saturated rings. The van der Waals surface area contributed by atoms with Gasteiger partial charge < -0.3 is 20.3 Å². The molecule has 1 aliphatic rings. The average Bonchev–Trinajstić information content (AvgIpc) is 3.42. The molecule has 1 aliphatic heterocycles. The van der Waals surface area contributed by atoms with Gasteiger partial charge in [-0.05, 0) is 69.0 Å². The van der Waals surface area contributed by atoms with E-state index in [1.165, 1.54) is 11.1 Å². The first kappa shape index (κ1) is 30.6. The van der Waals surface area contributed by atoms with E-state index in [-0.39, 0.29) is 11.8 Å². The number of hydrogen-bond acceptors (Lipinski definition) is 4. The van der Waals surface area contributed by atoms with Crippen LogP contribution >= 0.6 is 0 Å². The van der Waals surface area contributed by atoms with Gasteiger partial charge >= 0.3 is 5.97 Å². The van der Waals surface area contributed by atoms with E-state index in [1.807, 2.05) is 67.6 Å². The predicted octanol–water partition coefficient (Wildman–Crippen LogP) is 7.50. The summed E-state index contributed by atoms with van der Waals surface area (Å²) in [5.74, 6) is -0.121. The maximum absolute atomic E-state index is 12.4. The minimum atomic E-state index is -0.747. The van der Waals surface area contributed by atoms with E-state index in [4.69, 9.17) is 10.1 Å². The Morgan fingerprint density at radius 2 is 1.76 bits per heavy atom. The van der Waals surface area contributed by atoms with Crippen molar-refractivity contribution in [3.63, 3.8) is 0 Å². The van der Waals surface area contributed by atoms with E-state index >= 15 is 0 Å². The van der Waals surface area contributed by atoms with Crippen molar-refractivity contribution >= 4 is 28.7 Å². The molecule has 0 aliphatic carbocycles. The van der Waals surface area contributed by atoms with Gasteiger partial charge in [0.15, 0.2) is 0 Å². The van der Waals surface area contributed by atoms with Crippen LogP contribution in [0.25, 0.3) is 11.0 Å². The number of rotatable bonds is 10. The molecule has 7 heteroatoms. The van der Waals surface area contributed by atoms with Crippen LogP contribution in [0.1, 0.15) is 75.0 Å². The van der Waals surface area contributed by atoms with Gasteiger partial charge in [0, 0.05) is 36.7 Å². The van der Waals surface area contributed by atoms with Crippen LogP contribution in [0.2, 0.25) is 0 Å². The molecule has 5 rings (SSSR count). The molecule has 0 bridgehead atoms. The van der Waals surface area contributed by atoms with Gasteiger partial charge in [-0.1, -0.05) is 73.7 Å². The Labute approximate surface area is 248 Å². The van der Waals surface area contributed by atoms with E-state index in [0.717, 1.165) is 42.4 Å². The molecule has 1 amide bonds. The minimum Gasteiger partial charge on any atom is -0.481 e. The van der Waals surface area contributed by atoms with Gasteiger partial charge in [-0.2, -0.15) is 0 Å². The molecule has 7 nitrogen and oxygen atoms in total. The van der Waals surface area contributed by atoms with Crippen LogP contribution in [0, 0.1) is 0 Å². The maximum atomic E-state index is 12.4. The Kier molecular flexibility index (Phi) is 10.9. The highest BCUT2D eigenvalue weighted by atomic mass is 16.4. The molecule has 3 heterocycles. The van der Waals surface area contributed by atoms with Crippen LogP contribution in [-0.4, -0.2) is 44.4 Å². The first-order valence-corrected chi connectivity index (χ1v) is 14.9. The lowest BCUT2D eigenvalue weighted by molar-refractivity contribution is -0.138. The molecule has 0 spiro atoms. The molecule has 42 heavy (non-hydrogen) atoms. The highest BCUT2D eigenvalue weighted by Crippen LogP contribution is 2.31. The monoisotopic (exact) mass is 566 g/mol. The van der Waals surface area contributed by atoms with E-state index in [2.05, 4.69) is 59.7 Å². The van der Waals surface area contributed by atoms with Crippen LogP contribution in [0.4, 0.5) is 5.82 Å².